The molecule has 1 amide bonds. The maximum Gasteiger partial charge on any atom is 0.237 e. The summed E-state index contributed by atoms with van der Waals surface area (Å²) in [6.45, 7) is 3.47. The van der Waals surface area contributed by atoms with E-state index in [0.717, 1.165) is 25.8 Å². The van der Waals surface area contributed by atoms with Gasteiger partial charge in [-0.15, -0.1) is 0 Å². The average Bonchev–Trinajstić information content (AvgIpc) is 2.40. The highest BCUT2D eigenvalue weighted by atomic mass is 16.2. The van der Waals surface area contributed by atoms with E-state index in [9.17, 15) is 4.79 Å². The van der Waals surface area contributed by atoms with Gasteiger partial charge in [0.15, 0.2) is 0 Å². The van der Waals surface area contributed by atoms with Crippen molar-refractivity contribution >= 4 is 5.91 Å². The average molecular weight is 199 g/mol. The van der Waals surface area contributed by atoms with Gasteiger partial charge in [-0.1, -0.05) is 0 Å². The summed E-state index contributed by atoms with van der Waals surface area (Å²) < 4.78 is 0. The van der Waals surface area contributed by atoms with Gasteiger partial charge in [0.25, 0.3) is 0 Å². The summed E-state index contributed by atoms with van der Waals surface area (Å²) in [7, 11) is 1.98. The molecule has 3 N–H and O–H groups in total. The Labute approximate surface area is 85.8 Å². The number of carbonyl (C=O) groups is 1. The van der Waals surface area contributed by atoms with Crippen molar-refractivity contribution < 1.29 is 4.79 Å². The number of likely N-dealkylation sites (N-methyl/N-ethyl adjacent to an activating group) is 1. The normalized spacial score (nSPS) is 25.7. The second-order valence-electron chi connectivity index (χ2n) is 4.05. The maximum absolute atomic E-state index is 11.7. The van der Waals surface area contributed by atoms with E-state index < -0.39 is 0 Å². The summed E-state index contributed by atoms with van der Waals surface area (Å²) in [4.78, 5) is 13.8. The molecule has 1 aliphatic heterocycles. The van der Waals surface area contributed by atoms with E-state index in [1.807, 2.05) is 7.05 Å². The molecule has 14 heavy (non-hydrogen) atoms. The van der Waals surface area contributed by atoms with Gasteiger partial charge in [-0.25, -0.2) is 0 Å². The van der Waals surface area contributed by atoms with Crippen molar-refractivity contribution in [1.29, 1.82) is 0 Å². The van der Waals surface area contributed by atoms with Gasteiger partial charge in [-0.2, -0.15) is 0 Å². The maximum atomic E-state index is 11.7. The monoisotopic (exact) mass is 199 g/mol. The molecule has 0 aromatic heterocycles. The molecule has 2 unspecified atom stereocenters. The van der Waals surface area contributed by atoms with Gasteiger partial charge in [0.1, 0.15) is 0 Å². The topological polar surface area (TPSA) is 58.4 Å². The van der Waals surface area contributed by atoms with Crippen LogP contribution in [0, 0.1) is 0 Å². The van der Waals surface area contributed by atoms with Crippen LogP contribution in [0.1, 0.15) is 26.2 Å². The summed E-state index contributed by atoms with van der Waals surface area (Å²) in [5, 5.41) is 2.93. The summed E-state index contributed by atoms with van der Waals surface area (Å²) in [5.41, 5.74) is 5.59. The van der Waals surface area contributed by atoms with Gasteiger partial charge in [0.2, 0.25) is 5.91 Å². The quantitative estimate of drug-likeness (QED) is 0.669. The van der Waals surface area contributed by atoms with Crippen molar-refractivity contribution in [3.8, 4) is 0 Å². The minimum Gasteiger partial charge on any atom is -0.355 e. The Balaban J connectivity index is 2.58. The lowest BCUT2D eigenvalue weighted by Gasteiger charge is -2.30. The van der Waals surface area contributed by atoms with Gasteiger partial charge >= 0.3 is 0 Å². The molecule has 1 aliphatic rings. The van der Waals surface area contributed by atoms with E-state index >= 15 is 0 Å². The van der Waals surface area contributed by atoms with E-state index in [2.05, 4.69) is 17.1 Å². The number of nitrogens with zero attached hydrogens (tertiary/aromatic N) is 1. The van der Waals surface area contributed by atoms with Crippen LogP contribution in [-0.2, 0) is 4.79 Å². The summed E-state index contributed by atoms with van der Waals surface area (Å²) in [6, 6.07) is 0.278. The fourth-order valence-corrected chi connectivity index (χ4v) is 1.79. The zero-order valence-corrected chi connectivity index (χ0v) is 9.12. The van der Waals surface area contributed by atoms with E-state index in [-0.39, 0.29) is 18.0 Å². The fourth-order valence-electron chi connectivity index (χ4n) is 1.79. The molecule has 1 saturated heterocycles. The molecule has 1 heterocycles. The SMILES string of the molecule is CC(CN)N(C)C1CCCCNC1=O. The highest BCUT2D eigenvalue weighted by Gasteiger charge is 2.26. The standard InChI is InChI=1S/C10H21N3O/c1-8(7-11)13(2)9-5-3-4-6-12-10(9)14/h8-9H,3-7,11H2,1-2H3,(H,12,14). The van der Waals surface area contributed by atoms with Crippen LogP contribution in [0.5, 0.6) is 0 Å². The number of rotatable bonds is 3. The minimum absolute atomic E-state index is 0.0102. The molecule has 1 rings (SSSR count). The first-order valence-corrected chi connectivity index (χ1v) is 5.36. The number of amides is 1. The van der Waals surface area contributed by atoms with Crippen molar-refractivity contribution in [2.75, 3.05) is 20.1 Å². The van der Waals surface area contributed by atoms with Crippen molar-refractivity contribution in [2.24, 2.45) is 5.73 Å². The number of nitrogens with one attached hydrogen (secondary N) is 1. The predicted octanol–water partition coefficient (Wildman–Crippen LogP) is -0.0659. The molecule has 0 aromatic carbocycles. The lowest BCUT2D eigenvalue weighted by molar-refractivity contribution is -0.126. The van der Waals surface area contributed by atoms with Crippen LogP contribution in [-0.4, -0.2) is 43.0 Å². The van der Waals surface area contributed by atoms with Gasteiger partial charge < -0.3 is 11.1 Å². The molecule has 4 heteroatoms. The highest BCUT2D eigenvalue weighted by Crippen LogP contribution is 2.12. The molecule has 0 bridgehead atoms. The molecule has 0 saturated carbocycles. The second kappa shape index (κ2) is 5.32. The molecule has 0 aliphatic carbocycles. The Kier molecular flexibility index (Phi) is 4.35. The molecule has 0 spiro atoms. The molecule has 2 atom stereocenters. The number of hydrogen-bond acceptors (Lipinski definition) is 3. The number of nitrogens with two attached hydrogens (primary N) is 1. The van der Waals surface area contributed by atoms with E-state index in [4.69, 9.17) is 5.73 Å². The van der Waals surface area contributed by atoms with Crippen LogP contribution in [0.15, 0.2) is 0 Å². The Morgan fingerprint density at radius 1 is 1.64 bits per heavy atom. The Morgan fingerprint density at radius 2 is 2.36 bits per heavy atom. The lowest BCUT2D eigenvalue weighted by Crippen LogP contribution is -2.49. The van der Waals surface area contributed by atoms with Crippen molar-refractivity contribution in [3.05, 3.63) is 0 Å². The lowest BCUT2D eigenvalue weighted by atomic mass is 10.1. The summed E-state index contributed by atoms with van der Waals surface area (Å²) >= 11 is 0. The number of hydrogen-bond donors (Lipinski definition) is 2. The summed E-state index contributed by atoms with van der Waals surface area (Å²) in [6.07, 6.45) is 3.16. The Bertz CT molecular complexity index is 196. The molecule has 0 radical (unpaired) electrons. The van der Waals surface area contributed by atoms with Gasteiger partial charge in [-0.05, 0) is 33.2 Å². The van der Waals surface area contributed by atoms with Crippen LogP contribution < -0.4 is 11.1 Å². The van der Waals surface area contributed by atoms with Gasteiger partial charge in [0.05, 0.1) is 6.04 Å². The van der Waals surface area contributed by atoms with Gasteiger partial charge in [-0.3, -0.25) is 9.69 Å². The Morgan fingerprint density at radius 3 is 3.00 bits per heavy atom. The minimum atomic E-state index is 0.0102. The number of carbonyl (C=O) groups excluding carboxylic acids is 1. The summed E-state index contributed by atoms with van der Waals surface area (Å²) in [5.74, 6) is 0.158. The highest BCUT2D eigenvalue weighted by molar-refractivity contribution is 5.81. The largest absolute Gasteiger partial charge is 0.355 e. The first-order valence-electron chi connectivity index (χ1n) is 5.36. The van der Waals surface area contributed by atoms with Crippen LogP contribution >= 0.6 is 0 Å². The predicted molar refractivity (Wildman–Crippen MR) is 56.9 cm³/mol. The van der Waals surface area contributed by atoms with Crippen LogP contribution in [0.2, 0.25) is 0 Å². The van der Waals surface area contributed by atoms with E-state index in [1.165, 1.54) is 0 Å². The first-order chi connectivity index (χ1) is 6.66. The third-order valence-electron chi connectivity index (χ3n) is 3.03. The Hall–Kier alpha value is -0.610. The van der Waals surface area contributed by atoms with Crippen LogP contribution in [0.25, 0.3) is 0 Å². The third kappa shape index (κ3) is 2.69. The second-order valence-corrected chi connectivity index (χ2v) is 4.05. The van der Waals surface area contributed by atoms with Crippen molar-refractivity contribution in [2.45, 2.75) is 38.3 Å². The molecule has 0 aromatic rings. The third-order valence-corrected chi connectivity index (χ3v) is 3.03. The molecular formula is C10H21N3O. The smallest absolute Gasteiger partial charge is 0.237 e. The first kappa shape index (κ1) is 11.5. The van der Waals surface area contributed by atoms with Crippen LogP contribution in [0.3, 0.4) is 0 Å². The van der Waals surface area contributed by atoms with Crippen molar-refractivity contribution in [3.63, 3.8) is 0 Å². The zero-order chi connectivity index (χ0) is 10.6. The molecule has 4 nitrogen and oxygen atoms in total. The molecule has 1 fully saturated rings. The zero-order valence-electron chi connectivity index (χ0n) is 9.12. The van der Waals surface area contributed by atoms with E-state index in [1.54, 1.807) is 0 Å². The molecule has 82 valence electrons. The fraction of sp³-hybridized carbons (Fsp3) is 0.900. The van der Waals surface area contributed by atoms with Crippen LogP contribution in [0.4, 0.5) is 0 Å². The molecular weight excluding hydrogens is 178 g/mol. The van der Waals surface area contributed by atoms with Gasteiger partial charge in [0, 0.05) is 19.1 Å². The van der Waals surface area contributed by atoms with Crippen molar-refractivity contribution in [1.82, 2.24) is 10.2 Å². The van der Waals surface area contributed by atoms with E-state index in [0.29, 0.717) is 6.54 Å².